The monoisotopic (exact) mass is 477 g/mol. The Morgan fingerprint density at radius 1 is 1.06 bits per heavy atom. The van der Waals surface area contributed by atoms with Gasteiger partial charge in [0, 0.05) is 13.1 Å². The first kappa shape index (κ1) is 22.5. The molecule has 2 aromatic carbocycles. The number of piperidine rings is 1. The molecule has 9 heteroatoms. The van der Waals surface area contributed by atoms with Gasteiger partial charge in [0.2, 0.25) is 11.7 Å². The van der Waals surface area contributed by atoms with Crippen molar-refractivity contribution in [3.8, 4) is 11.4 Å². The van der Waals surface area contributed by atoms with Crippen LogP contribution in [0.2, 0.25) is 0 Å². The maximum atomic E-state index is 13.4. The third-order valence-corrected chi connectivity index (χ3v) is 7.19. The highest BCUT2D eigenvalue weighted by Crippen LogP contribution is 2.26. The van der Waals surface area contributed by atoms with Crippen molar-refractivity contribution < 1.29 is 9.53 Å². The number of aromatic nitrogens is 4. The average Bonchev–Trinajstić information content (AvgIpc) is 3.26. The highest BCUT2D eigenvalue weighted by atomic mass is 32.2. The predicted octanol–water partition coefficient (Wildman–Crippen LogP) is 3.64. The van der Waals surface area contributed by atoms with Gasteiger partial charge in [-0.05, 0) is 54.7 Å². The van der Waals surface area contributed by atoms with E-state index in [4.69, 9.17) is 4.74 Å². The molecule has 176 valence electrons. The van der Waals surface area contributed by atoms with Crippen LogP contribution < -0.4 is 10.3 Å². The molecule has 2 aromatic heterocycles. The van der Waals surface area contributed by atoms with Crippen molar-refractivity contribution in [3.05, 3.63) is 58.9 Å². The molecule has 0 saturated carbocycles. The first-order valence-electron chi connectivity index (χ1n) is 11.4. The maximum absolute atomic E-state index is 13.4. The molecule has 4 aromatic rings. The Bertz CT molecular complexity index is 1400. The standard InChI is InChI=1S/C25H27N5O3S/c1-16-12-17(2)14-28(13-16)22(31)15-34-25-27-26-24-29(18-8-10-19(33-3)11-9-18)23(32)20-6-4-5-7-21(20)30(24)25/h4-11,16-17H,12-15H2,1-3H3. The summed E-state index contributed by atoms with van der Waals surface area (Å²) in [5.74, 6) is 2.50. The highest BCUT2D eigenvalue weighted by molar-refractivity contribution is 7.99. The number of fused-ring (bicyclic) bond motifs is 3. The zero-order chi connectivity index (χ0) is 23.8. The first-order valence-corrected chi connectivity index (χ1v) is 12.4. The van der Waals surface area contributed by atoms with Crippen molar-refractivity contribution in [1.29, 1.82) is 0 Å². The SMILES string of the molecule is COc1ccc(-n2c(=O)c3ccccc3n3c(SCC(=O)N4CC(C)CC(C)C4)nnc23)cc1. The Hall–Kier alpha value is -3.33. The summed E-state index contributed by atoms with van der Waals surface area (Å²) in [6.07, 6.45) is 1.15. The Morgan fingerprint density at radius 2 is 1.76 bits per heavy atom. The van der Waals surface area contributed by atoms with Gasteiger partial charge < -0.3 is 9.64 Å². The summed E-state index contributed by atoms with van der Waals surface area (Å²) in [6.45, 7) is 5.98. The van der Waals surface area contributed by atoms with Gasteiger partial charge >= 0.3 is 0 Å². The van der Waals surface area contributed by atoms with Crippen molar-refractivity contribution in [2.75, 3.05) is 26.0 Å². The summed E-state index contributed by atoms with van der Waals surface area (Å²) >= 11 is 1.35. The number of rotatable bonds is 5. The van der Waals surface area contributed by atoms with E-state index in [2.05, 4.69) is 24.0 Å². The zero-order valence-electron chi connectivity index (χ0n) is 19.5. The van der Waals surface area contributed by atoms with Crippen molar-refractivity contribution in [2.24, 2.45) is 11.8 Å². The van der Waals surface area contributed by atoms with E-state index in [1.165, 1.54) is 11.8 Å². The molecule has 2 unspecified atom stereocenters. The lowest BCUT2D eigenvalue weighted by Crippen LogP contribution is -2.43. The van der Waals surface area contributed by atoms with Crippen LogP contribution in [0.1, 0.15) is 20.3 Å². The molecule has 3 heterocycles. The first-order chi connectivity index (χ1) is 16.5. The number of carbonyl (C=O) groups excluding carboxylic acids is 1. The number of hydrogen-bond acceptors (Lipinski definition) is 6. The lowest BCUT2D eigenvalue weighted by molar-refractivity contribution is -0.130. The lowest BCUT2D eigenvalue weighted by atomic mass is 9.92. The van der Waals surface area contributed by atoms with Crippen LogP contribution in [0.15, 0.2) is 58.5 Å². The van der Waals surface area contributed by atoms with Gasteiger partial charge in [0.05, 0.1) is 29.5 Å². The lowest BCUT2D eigenvalue weighted by Gasteiger charge is -2.34. The van der Waals surface area contributed by atoms with Crippen molar-refractivity contribution in [2.45, 2.75) is 25.4 Å². The van der Waals surface area contributed by atoms with Crippen molar-refractivity contribution in [1.82, 2.24) is 24.1 Å². The van der Waals surface area contributed by atoms with Crippen LogP contribution in [0.5, 0.6) is 5.75 Å². The number of benzene rings is 2. The molecule has 1 amide bonds. The van der Waals surface area contributed by atoms with Crippen LogP contribution in [0, 0.1) is 11.8 Å². The van der Waals surface area contributed by atoms with Gasteiger partial charge in [-0.25, -0.2) is 4.57 Å². The number of thioether (sulfide) groups is 1. The van der Waals surface area contributed by atoms with E-state index in [0.717, 1.165) is 19.5 Å². The summed E-state index contributed by atoms with van der Waals surface area (Å²) in [4.78, 5) is 28.4. The minimum Gasteiger partial charge on any atom is -0.497 e. The fourth-order valence-electron chi connectivity index (χ4n) is 4.82. The summed E-state index contributed by atoms with van der Waals surface area (Å²) in [7, 11) is 1.60. The van der Waals surface area contributed by atoms with Crippen LogP contribution in [0.25, 0.3) is 22.4 Å². The Morgan fingerprint density at radius 3 is 2.47 bits per heavy atom. The molecule has 0 aliphatic carbocycles. The molecule has 8 nitrogen and oxygen atoms in total. The number of carbonyl (C=O) groups is 1. The van der Waals surface area contributed by atoms with Gasteiger partial charge in [-0.3, -0.25) is 14.0 Å². The molecule has 1 saturated heterocycles. The minimum atomic E-state index is -0.176. The molecule has 0 spiro atoms. The number of para-hydroxylation sites is 1. The third-order valence-electron chi connectivity index (χ3n) is 6.27. The van der Waals surface area contributed by atoms with Gasteiger partial charge in [0.15, 0.2) is 5.16 Å². The molecular formula is C25H27N5O3S. The van der Waals surface area contributed by atoms with E-state index in [-0.39, 0.29) is 17.2 Å². The van der Waals surface area contributed by atoms with Crippen LogP contribution in [-0.2, 0) is 4.79 Å². The van der Waals surface area contributed by atoms with Crippen LogP contribution in [0.4, 0.5) is 0 Å². The fraction of sp³-hybridized carbons (Fsp3) is 0.360. The van der Waals surface area contributed by atoms with E-state index in [1.807, 2.05) is 39.6 Å². The van der Waals surface area contributed by atoms with Crippen molar-refractivity contribution >= 4 is 34.3 Å². The largest absolute Gasteiger partial charge is 0.497 e. The molecule has 1 fully saturated rings. The Balaban J connectivity index is 1.55. The normalized spacial score (nSPS) is 18.5. The second-order valence-electron chi connectivity index (χ2n) is 9.01. The second kappa shape index (κ2) is 9.13. The fourth-order valence-corrected chi connectivity index (χ4v) is 5.66. The molecule has 1 aliphatic heterocycles. The minimum absolute atomic E-state index is 0.105. The highest BCUT2D eigenvalue weighted by Gasteiger charge is 2.26. The number of methoxy groups -OCH3 is 1. The molecule has 1 aliphatic rings. The van der Waals surface area contributed by atoms with Crippen LogP contribution in [-0.4, -0.2) is 55.9 Å². The third kappa shape index (κ3) is 4.04. The zero-order valence-corrected chi connectivity index (χ0v) is 20.3. The smallest absolute Gasteiger partial charge is 0.267 e. The number of ether oxygens (including phenoxy) is 1. The topological polar surface area (TPSA) is 81.7 Å². The quantitative estimate of drug-likeness (QED) is 0.408. The predicted molar refractivity (Wildman–Crippen MR) is 133 cm³/mol. The van der Waals surface area contributed by atoms with Gasteiger partial charge in [-0.15, -0.1) is 10.2 Å². The Kier molecular flexibility index (Phi) is 6.03. The van der Waals surface area contributed by atoms with E-state index in [1.54, 1.807) is 29.9 Å². The maximum Gasteiger partial charge on any atom is 0.267 e. The number of amides is 1. The van der Waals surface area contributed by atoms with Crippen LogP contribution in [0.3, 0.4) is 0 Å². The molecule has 5 rings (SSSR count). The molecule has 0 N–H and O–H groups in total. The number of nitrogens with zero attached hydrogens (tertiary/aromatic N) is 5. The van der Waals surface area contributed by atoms with E-state index in [9.17, 15) is 9.59 Å². The molecular weight excluding hydrogens is 450 g/mol. The number of likely N-dealkylation sites (tertiary alicyclic amines) is 1. The van der Waals surface area contributed by atoms with E-state index in [0.29, 0.717) is 45.1 Å². The van der Waals surface area contributed by atoms with Gasteiger partial charge in [0.1, 0.15) is 5.75 Å². The second-order valence-corrected chi connectivity index (χ2v) is 9.95. The van der Waals surface area contributed by atoms with Crippen LogP contribution >= 0.6 is 11.8 Å². The summed E-state index contributed by atoms with van der Waals surface area (Å²) in [6, 6.07) is 14.6. The van der Waals surface area contributed by atoms with Gasteiger partial charge in [-0.1, -0.05) is 37.7 Å². The summed E-state index contributed by atoms with van der Waals surface area (Å²) in [5, 5.41) is 9.87. The molecule has 0 radical (unpaired) electrons. The Labute approximate surface area is 201 Å². The summed E-state index contributed by atoms with van der Waals surface area (Å²) in [5.41, 5.74) is 1.20. The van der Waals surface area contributed by atoms with Gasteiger partial charge in [-0.2, -0.15) is 0 Å². The molecule has 34 heavy (non-hydrogen) atoms. The average molecular weight is 478 g/mol. The molecule has 2 atom stereocenters. The number of hydrogen-bond donors (Lipinski definition) is 0. The summed E-state index contributed by atoms with van der Waals surface area (Å²) < 4.78 is 8.67. The van der Waals surface area contributed by atoms with Crippen molar-refractivity contribution in [3.63, 3.8) is 0 Å². The van der Waals surface area contributed by atoms with E-state index >= 15 is 0 Å². The van der Waals surface area contributed by atoms with E-state index < -0.39 is 0 Å². The molecule has 0 bridgehead atoms. The van der Waals surface area contributed by atoms with Gasteiger partial charge in [0.25, 0.3) is 5.56 Å².